The molecule has 0 unspecified atom stereocenters. The number of nitrogens with two attached hydrogens (primary N) is 1. The van der Waals surface area contributed by atoms with Crippen molar-refractivity contribution in [1.82, 2.24) is 5.32 Å². The first kappa shape index (κ1) is 11.8. The summed E-state index contributed by atoms with van der Waals surface area (Å²) in [4.78, 5) is 0. The van der Waals surface area contributed by atoms with E-state index in [1.165, 1.54) is 24.8 Å². The molecular formula is C13H20N2S. The zero-order valence-corrected chi connectivity index (χ0v) is 10.6. The monoisotopic (exact) mass is 236 g/mol. The van der Waals surface area contributed by atoms with E-state index in [1.807, 2.05) is 30.0 Å². The third-order valence-electron chi connectivity index (χ3n) is 3.52. The molecule has 2 rings (SSSR count). The van der Waals surface area contributed by atoms with E-state index in [0.29, 0.717) is 4.75 Å². The molecular weight excluding hydrogens is 216 g/mol. The smallest absolute Gasteiger partial charge is 0.0359 e. The van der Waals surface area contributed by atoms with Crippen LogP contribution in [0.5, 0.6) is 0 Å². The second kappa shape index (κ2) is 5.11. The Hall–Kier alpha value is -0.670. The SMILES string of the molecule is CSC1(CNCc2ccccc2N)CCC1. The van der Waals surface area contributed by atoms with Gasteiger partial charge in [0.25, 0.3) is 0 Å². The normalized spacial score (nSPS) is 18.1. The molecule has 16 heavy (non-hydrogen) atoms. The Labute approximate surface area is 102 Å². The molecule has 0 aromatic heterocycles. The maximum atomic E-state index is 5.90. The number of nitrogen functional groups attached to an aromatic ring is 1. The summed E-state index contributed by atoms with van der Waals surface area (Å²) in [7, 11) is 0. The summed E-state index contributed by atoms with van der Waals surface area (Å²) in [6.07, 6.45) is 6.31. The van der Waals surface area contributed by atoms with Gasteiger partial charge in [0.1, 0.15) is 0 Å². The van der Waals surface area contributed by atoms with Gasteiger partial charge in [-0.3, -0.25) is 0 Å². The summed E-state index contributed by atoms with van der Waals surface area (Å²) in [5.74, 6) is 0. The van der Waals surface area contributed by atoms with E-state index < -0.39 is 0 Å². The van der Waals surface area contributed by atoms with Crippen LogP contribution in [-0.4, -0.2) is 17.5 Å². The Morgan fingerprint density at radius 2 is 2.12 bits per heavy atom. The zero-order chi connectivity index (χ0) is 11.4. The first-order chi connectivity index (χ1) is 7.76. The summed E-state index contributed by atoms with van der Waals surface area (Å²) in [6.45, 7) is 1.98. The second-order valence-electron chi connectivity index (χ2n) is 4.54. The maximum Gasteiger partial charge on any atom is 0.0359 e. The van der Waals surface area contributed by atoms with Gasteiger partial charge in [0.2, 0.25) is 0 Å². The average Bonchev–Trinajstić information content (AvgIpc) is 2.25. The van der Waals surface area contributed by atoms with Crippen LogP contribution in [0.2, 0.25) is 0 Å². The van der Waals surface area contributed by atoms with E-state index >= 15 is 0 Å². The van der Waals surface area contributed by atoms with E-state index in [4.69, 9.17) is 5.73 Å². The lowest BCUT2D eigenvalue weighted by atomic mass is 9.84. The van der Waals surface area contributed by atoms with E-state index in [-0.39, 0.29) is 0 Å². The Bertz CT molecular complexity index is 342. The highest BCUT2D eigenvalue weighted by atomic mass is 32.2. The molecule has 1 aliphatic rings. The highest BCUT2D eigenvalue weighted by Gasteiger charge is 2.35. The van der Waals surface area contributed by atoms with Crippen LogP contribution in [0.3, 0.4) is 0 Å². The predicted octanol–water partition coefficient (Wildman–Crippen LogP) is 2.64. The highest BCUT2D eigenvalue weighted by molar-refractivity contribution is 8.00. The molecule has 1 aromatic rings. The van der Waals surface area contributed by atoms with Crippen molar-refractivity contribution in [3.63, 3.8) is 0 Å². The predicted molar refractivity (Wildman–Crippen MR) is 72.7 cm³/mol. The summed E-state index contributed by atoms with van der Waals surface area (Å²) in [5, 5.41) is 3.54. The fourth-order valence-electron chi connectivity index (χ4n) is 2.14. The minimum absolute atomic E-state index is 0.504. The van der Waals surface area contributed by atoms with Crippen molar-refractivity contribution in [3.8, 4) is 0 Å². The molecule has 0 bridgehead atoms. The van der Waals surface area contributed by atoms with Crippen molar-refractivity contribution in [1.29, 1.82) is 0 Å². The Balaban J connectivity index is 1.82. The van der Waals surface area contributed by atoms with Crippen LogP contribution in [-0.2, 0) is 6.54 Å². The van der Waals surface area contributed by atoms with Crippen LogP contribution >= 0.6 is 11.8 Å². The van der Waals surface area contributed by atoms with Crippen molar-refractivity contribution in [2.45, 2.75) is 30.6 Å². The highest BCUT2D eigenvalue weighted by Crippen LogP contribution is 2.42. The molecule has 0 amide bonds. The lowest BCUT2D eigenvalue weighted by Gasteiger charge is -2.40. The van der Waals surface area contributed by atoms with Crippen molar-refractivity contribution < 1.29 is 0 Å². The van der Waals surface area contributed by atoms with Crippen LogP contribution in [0, 0.1) is 0 Å². The van der Waals surface area contributed by atoms with Crippen LogP contribution in [0.1, 0.15) is 24.8 Å². The maximum absolute atomic E-state index is 5.90. The molecule has 0 aliphatic heterocycles. The molecule has 1 aromatic carbocycles. The van der Waals surface area contributed by atoms with E-state index in [2.05, 4.69) is 17.6 Å². The number of nitrogens with one attached hydrogen (secondary N) is 1. The molecule has 1 aliphatic carbocycles. The van der Waals surface area contributed by atoms with Crippen LogP contribution in [0.4, 0.5) is 5.69 Å². The molecule has 0 atom stereocenters. The van der Waals surface area contributed by atoms with Gasteiger partial charge >= 0.3 is 0 Å². The molecule has 0 heterocycles. The van der Waals surface area contributed by atoms with E-state index in [0.717, 1.165) is 18.8 Å². The first-order valence-electron chi connectivity index (χ1n) is 5.85. The van der Waals surface area contributed by atoms with Gasteiger partial charge < -0.3 is 11.1 Å². The van der Waals surface area contributed by atoms with Gasteiger partial charge in [0.05, 0.1) is 0 Å². The number of para-hydroxylation sites is 1. The molecule has 3 heteroatoms. The average molecular weight is 236 g/mol. The largest absolute Gasteiger partial charge is 0.398 e. The quantitative estimate of drug-likeness (QED) is 0.772. The van der Waals surface area contributed by atoms with Crippen LogP contribution < -0.4 is 11.1 Å². The zero-order valence-electron chi connectivity index (χ0n) is 9.83. The first-order valence-corrected chi connectivity index (χ1v) is 7.07. The van der Waals surface area contributed by atoms with Crippen molar-refractivity contribution in [2.75, 3.05) is 18.5 Å². The molecule has 0 saturated heterocycles. The summed E-state index contributed by atoms with van der Waals surface area (Å²) < 4.78 is 0.504. The topological polar surface area (TPSA) is 38.0 Å². The number of thioether (sulfide) groups is 1. The number of anilines is 1. The lowest BCUT2D eigenvalue weighted by molar-refractivity contribution is 0.345. The van der Waals surface area contributed by atoms with E-state index in [1.54, 1.807) is 0 Å². The van der Waals surface area contributed by atoms with Crippen molar-refractivity contribution >= 4 is 17.4 Å². The summed E-state index contributed by atoms with van der Waals surface area (Å²) >= 11 is 2.00. The number of benzene rings is 1. The van der Waals surface area contributed by atoms with Crippen molar-refractivity contribution in [3.05, 3.63) is 29.8 Å². The van der Waals surface area contributed by atoms with Crippen LogP contribution in [0.15, 0.2) is 24.3 Å². The van der Waals surface area contributed by atoms with Gasteiger partial charge in [0.15, 0.2) is 0 Å². The van der Waals surface area contributed by atoms with Gasteiger partial charge in [-0.25, -0.2) is 0 Å². The van der Waals surface area contributed by atoms with Crippen molar-refractivity contribution in [2.24, 2.45) is 0 Å². The Morgan fingerprint density at radius 1 is 1.38 bits per heavy atom. The summed E-state index contributed by atoms with van der Waals surface area (Å²) in [5.41, 5.74) is 8.00. The minimum atomic E-state index is 0.504. The third-order valence-corrected chi connectivity index (χ3v) is 4.93. The molecule has 2 nitrogen and oxygen atoms in total. The third kappa shape index (κ3) is 2.53. The molecule has 1 fully saturated rings. The van der Waals surface area contributed by atoms with Gasteiger partial charge in [-0.15, -0.1) is 0 Å². The second-order valence-corrected chi connectivity index (χ2v) is 5.82. The molecule has 88 valence electrons. The molecule has 0 spiro atoms. The Morgan fingerprint density at radius 3 is 2.69 bits per heavy atom. The van der Waals surface area contributed by atoms with E-state index in [9.17, 15) is 0 Å². The van der Waals surface area contributed by atoms with Gasteiger partial charge in [-0.2, -0.15) is 11.8 Å². The number of hydrogen-bond acceptors (Lipinski definition) is 3. The number of rotatable bonds is 5. The number of hydrogen-bond donors (Lipinski definition) is 2. The minimum Gasteiger partial charge on any atom is -0.398 e. The van der Waals surface area contributed by atoms with Crippen LogP contribution in [0.25, 0.3) is 0 Å². The van der Waals surface area contributed by atoms with Gasteiger partial charge in [0, 0.05) is 23.5 Å². The molecule has 0 radical (unpaired) electrons. The standard InChI is InChI=1S/C13H20N2S/c1-16-13(7-4-8-13)10-15-9-11-5-2-3-6-12(11)14/h2-3,5-6,15H,4,7-10,14H2,1H3. The molecule has 1 saturated carbocycles. The fourth-order valence-corrected chi connectivity index (χ4v) is 3.09. The lowest BCUT2D eigenvalue weighted by Crippen LogP contribution is -2.43. The summed E-state index contributed by atoms with van der Waals surface area (Å²) in [6, 6.07) is 8.08. The van der Waals surface area contributed by atoms with Gasteiger partial charge in [-0.1, -0.05) is 24.6 Å². The van der Waals surface area contributed by atoms with Gasteiger partial charge in [-0.05, 0) is 30.7 Å². The Kier molecular flexibility index (Phi) is 3.77. The fraction of sp³-hybridized carbons (Fsp3) is 0.538. The molecule has 3 N–H and O–H groups in total.